The van der Waals surface area contributed by atoms with Gasteiger partial charge in [-0.2, -0.15) is 0 Å². The summed E-state index contributed by atoms with van der Waals surface area (Å²) >= 11 is 0. The van der Waals surface area contributed by atoms with Gasteiger partial charge in [0.1, 0.15) is 0 Å². The van der Waals surface area contributed by atoms with Gasteiger partial charge in [-0.3, -0.25) is 9.69 Å². The van der Waals surface area contributed by atoms with Gasteiger partial charge in [-0.1, -0.05) is 44.2 Å². The Morgan fingerprint density at radius 1 is 0.921 bits per heavy atom. The van der Waals surface area contributed by atoms with Crippen molar-refractivity contribution in [2.24, 2.45) is 0 Å². The van der Waals surface area contributed by atoms with E-state index in [0.717, 1.165) is 23.9 Å². The number of anilines is 1. The van der Waals surface area contributed by atoms with Crippen LogP contribution in [0.3, 0.4) is 0 Å². The van der Waals surface area contributed by atoms with Crippen molar-refractivity contribution >= 4 is 22.8 Å². The molecule has 2 aromatic rings. The number of para-hydroxylation sites is 2. The van der Waals surface area contributed by atoms with Crippen LogP contribution in [0.25, 0.3) is 11.0 Å². The number of benzene rings is 1. The quantitative estimate of drug-likeness (QED) is 0.603. The first kappa shape index (κ1) is 25.8. The Morgan fingerprint density at radius 3 is 2.21 bits per heavy atom. The molecule has 8 heteroatoms. The molecule has 3 aliphatic heterocycles. The molecule has 206 valence electrons. The number of aromatic nitrogens is 2. The van der Waals surface area contributed by atoms with Crippen LogP contribution in [0, 0.1) is 0 Å². The highest BCUT2D eigenvalue weighted by Crippen LogP contribution is 2.44. The molecule has 38 heavy (non-hydrogen) atoms. The van der Waals surface area contributed by atoms with Crippen LogP contribution in [-0.2, 0) is 9.53 Å². The van der Waals surface area contributed by atoms with E-state index in [1.807, 2.05) is 33.7 Å². The number of nitrogens with zero attached hydrogens (tertiary/aromatic N) is 4. The van der Waals surface area contributed by atoms with Gasteiger partial charge in [-0.25, -0.2) is 9.78 Å². The third kappa shape index (κ3) is 4.64. The van der Waals surface area contributed by atoms with Crippen molar-refractivity contribution in [1.29, 1.82) is 0 Å². The minimum Gasteiger partial charge on any atom is -0.467 e. The van der Waals surface area contributed by atoms with E-state index in [2.05, 4.69) is 4.90 Å². The molecule has 3 saturated heterocycles. The molecular weight excluding hydrogens is 480 g/mol. The maximum atomic E-state index is 14.1. The first-order chi connectivity index (χ1) is 18.5. The Hall–Kier alpha value is -2.45. The average molecular weight is 523 g/mol. The summed E-state index contributed by atoms with van der Waals surface area (Å²) in [5.74, 6) is -0.169. The third-order valence-corrected chi connectivity index (χ3v) is 9.86. The fourth-order valence-electron chi connectivity index (χ4n) is 7.92. The second-order valence-corrected chi connectivity index (χ2v) is 12.1. The maximum Gasteiger partial charge on any atom is 0.337 e. The van der Waals surface area contributed by atoms with Gasteiger partial charge in [0.15, 0.2) is 11.4 Å². The number of hydrogen-bond acceptors (Lipinski definition) is 7. The van der Waals surface area contributed by atoms with Gasteiger partial charge >= 0.3 is 5.97 Å². The Kier molecular flexibility index (Phi) is 7.20. The largest absolute Gasteiger partial charge is 0.467 e. The molecule has 1 aromatic carbocycles. The maximum absolute atomic E-state index is 14.1. The summed E-state index contributed by atoms with van der Waals surface area (Å²) in [4.78, 5) is 35.9. The van der Waals surface area contributed by atoms with Crippen LogP contribution in [0.1, 0.15) is 89.5 Å². The van der Waals surface area contributed by atoms with E-state index in [-0.39, 0.29) is 24.4 Å². The van der Waals surface area contributed by atoms with E-state index in [1.54, 1.807) is 0 Å². The summed E-state index contributed by atoms with van der Waals surface area (Å²) in [5.41, 5.74) is 0.194. The summed E-state index contributed by atoms with van der Waals surface area (Å²) in [5, 5.41) is 10.7. The van der Waals surface area contributed by atoms with Crippen molar-refractivity contribution in [2.45, 2.75) is 113 Å². The van der Waals surface area contributed by atoms with Crippen molar-refractivity contribution in [1.82, 2.24) is 14.5 Å². The lowest BCUT2D eigenvalue weighted by Gasteiger charge is -2.45. The SMILES string of the molecule is COC(=O)C1(O)CCN(c2nc3ccccc3n(C3C[C@H]4CC[C@@H](C3)N4C3CCCCCCC3)c2=O)CC1. The highest BCUT2D eigenvalue weighted by Gasteiger charge is 2.45. The molecule has 0 spiro atoms. The fraction of sp³-hybridized carbons (Fsp3) is 0.700. The van der Waals surface area contributed by atoms with Crippen LogP contribution in [-0.4, -0.2) is 69.5 Å². The lowest BCUT2D eigenvalue weighted by atomic mass is 9.89. The molecule has 4 fully saturated rings. The zero-order valence-corrected chi connectivity index (χ0v) is 22.7. The van der Waals surface area contributed by atoms with Crippen molar-refractivity contribution in [3.05, 3.63) is 34.6 Å². The molecule has 8 nitrogen and oxygen atoms in total. The van der Waals surface area contributed by atoms with E-state index < -0.39 is 11.6 Å². The number of ether oxygens (including phenoxy) is 1. The van der Waals surface area contributed by atoms with E-state index in [0.29, 0.717) is 37.0 Å². The summed E-state index contributed by atoms with van der Waals surface area (Å²) < 4.78 is 6.85. The van der Waals surface area contributed by atoms with Crippen molar-refractivity contribution in [2.75, 3.05) is 25.1 Å². The highest BCUT2D eigenvalue weighted by molar-refractivity contribution is 5.80. The Balaban J connectivity index is 1.29. The number of aliphatic hydroxyl groups is 1. The highest BCUT2D eigenvalue weighted by atomic mass is 16.5. The van der Waals surface area contributed by atoms with Crippen LogP contribution in [0.2, 0.25) is 0 Å². The first-order valence-electron chi connectivity index (χ1n) is 14.8. The Bertz CT molecular complexity index is 1200. The van der Waals surface area contributed by atoms with Gasteiger partial charge in [0.05, 0.1) is 18.1 Å². The second kappa shape index (κ2) is 10.6. The lowest BCUT2D eigenvalue weighted by molar-refractivity contribution is -0.164. The molecule has 0 amide bonds. The van der Waals surface area contributed by atoms with Gasteiger partial charge < -0.3 is 19.3 Å². The number of piperidine rings is 2. The fourth-order valence-corrected chi connectivity index (χ4v) is 7.92. The molecular formula is C30H42N4O4. The molecule has 0 radical (unpaired) electrons. The normalized spacial score (nSPS) is 28.7. The van der Waals surface area contributed by atoms with Gasteiger partial charge in [0, 0.05) is 50.1 Å². The molecule has 4 heterocycles. The second-order valence-electron chi connectivity index (χ2n) is 12.1. The molecule has 1 unspecified atom stereocenters. The smallest absolute Gasteiger partial charge is 0.337 e. The predicted molar refractivity (Wildman–Crippen MR) is 147 cm³/mol. The number of carbonyl (C=O) groups is 1. The number of esters is 1. The van der Waals surface area contributed by atoms with Crippen LogP contribution in [0.4, 0.5) is 5.82 Å². The number of fused-ring (bicyclic) bond motifs is 3. The minimum absolute atomic E-state index is 0.0454. The topological polar surface area (TPSA) is 87.9 Å². The molecule has 3 atom stereocenters. The van der Waals surface area contributed by atoms with E-state index in [9.17, 15) is 14.7 Å². The molecule has 1 aromatic heterocycles. The molecule has 4 aliphatic rings. The van der Waals surface area contributed by atoms with Gasteiger partial charge in [0.2, 0.25) is 0 Å². The zero-order chi connectivity index (χ0) is 26.3. The van der Waals surface area contributed by atoms with Crippen molar-refractivity contribution in [3.63, 3.8) is 0 Å². The number of methoxy groups -OCH3 is 1. The Morgan fingerprint density at radius 2 is 1.55 bits per heavy atom. The minimum atomic E-state index is -1.50. The number of carbonyl (C=O) groups excluding carboxylic acids is 1. The average Bonchev–Trinajstić information content (AvgIpc) is 3.17. The Labute approximate surface area is 225 Å². The van der Waals surface area contributed by atoms with E-state index in [1.165, 1.54) is 64.9 Å². The van der Waals surface area contributed by atoms with E-state index >= 15 is 0 Å². The van der Waals surface area contributed by atoms with Gasteiger partial charge in [-0.15, -0.1) is 0 Å². The van der Waals surface area contributed by atoms with Crippen molar-refractivity contribution < 1.29 is 14.6 Å². The number of hydrogen-bond donors (Lipinski definition) is 1. The molecule has 1 aliphatic carbocycles. The van der Waals surface area contributed by atoms with Crippen molar-refractivity contribution in [3.8, 4) is 0 Å². The molecule has 1 N–H and O–H groups in total. The molecule has 2 bridgehead atoms. The predicted octanol–water partition coefficient (Wildman–Crippen LogP) is 4.18. The lowest BCUT2D eigenvalue weighted by Crippen LogP contribution is -2.52. The van der Waals surface area contributed by atoms with Crippen LogP contribution < -0.4 is 10.5 Å². The summed E-state index contributed by atoms with van der Waals surface area (Å²) in [6.07, 6.45) is 14.4. The van der Waals surface area contributed by atoms with Crippen LogP contribution in [0.15, 0.2) is 29.1 Å². The van der Waals surface area contributed by atoms with Gasteiger partial charge in [0.25, 0.3) is 5.56 Å². The summed E-state index contributed by atoms with van der Waals surface area (Å²) in [6, 6.07) is 9.96. The third-order valence-electron chi connectivity index (χ3n) is 9.86. The molecule has 6 rings (SSSR count). The zero-order valence-electron chi connectivity index (χ0n) is 22.7. The van der Waals surface area contributed by atoms with Crippen LogP contribution in [0.5, 0.6) is 0 Å². The first-order valence-corrected chi connectivity index (χ1v) is 14.8. The van der Waals surface area contributed by atoms with E-state index in [4.69, 9.17) is 9.72 Å². The van der Waals surface area contributed by atoms with Gasteiger partial charge in [-0.05, 0) is 50.7 Å². The standard InChI is InChI=1S/C30H42N4O4/c1-38-29(36)30(37)15-17-32(18-16-30)27-28(35)34(26-12-8-7-11-25(26)31-27)24-19-22-13-14-23(20-24)33(22)21-9-5-3-2-4-6-10-21/h7-8,11-12,21-24,37H,2-6,9-10,13-20H2,1H3/t22-,23+,24?. The number of rotatable bonds is 4. The monoisotopic (exact) mass is 522 g/mol. The summed E-state index contributed by atoms with van der Waals surface area (Å²) in [7, 11) is 1.30. The molecule has 1 saturated carbocycles. The van der Waals surface area contributed by atoms with Crippen LogP contribution >= 0.6 is 0 Å². The summed E-state index contributed by atoms with van der Waals surface area (Å²) in [6.45, 7) is 0.773.